The van der Waals surface area contributed by atoms with Crippen LogP contribution in [0.4, 0.5) is 5.82 Å². The molecule has 0 aliphatic heterocycles. The molecular formula is C20H19N5O. The normalized spacial score (nSPS) is 12.2. The number of aromatic amines is 1. The number of nitrogens with zero attached hydrogens (tertiary/aromatic N) is 3. The van der Waals surface area contributed by atoms with E-state index in [0.29, 0.717) is 24.7 Å². The second-order valence-electron chi connectivity index (χ2n) is 5.93. The minimum absolute atomic E-state index is 0.0405. The lowest BCUT2D eigenvalue weighted by atomic mass is 10.1. The van der Waals surface area contributed by atoms with Gasteiger partial charge in [0.2, 0.25) is 0 Å². The molecule has 2 aromatic heterocycles. The van der Waals surface area contributed by atoms with E-state index in [4.69, 9.17) is 4.74 Å². The number of hydrogen-bond acceptors (Lipinski definition) is 5. The van der Waals surface area contributed by atoms with Crippen molar-refractivity contribution in [3.8, 4) is 0 Å². The Kier molecular flexibility index (Phi) is 4.84. The van der Waals surface area contributed by atoms with E-state index in [1.165, 1.54) is 6.33 Å². The number of aromatic nitrogens is 4. The molecule has 0 saturated heterocycles. The molecule has 0 saturated carbocycles. The molecule has 0 amide bonds. The summed E-state index contributed by atoms with van der Waals surface area (Å²) in [6.07, 6.45) is 3.13. The quantitative estimate of drug-likeness (QED) is 0.534. The van der Waals surface area contributed by atoms with Gasteiger partial charge in [-0.1, -0.05) is 60.7 Å². The predicted octanol–water partition coefficient (Wildman–Crippen LogP) is 3.72. The molecular weight excluding hydrogens is 326 g/mol. The first kappa shape index (κ1) is 16.2. The van der Waals surface area contributed by atoms with E-state index >= 15 is 0 Å². The van der Waals surface area contributed by atoms with Crippen LogP contribution in [0.2, 0.25) is 0 Å². The molecule has 1 atom stereocenters. The molecule has 2 N–H and O–H groups in total. The highest BCUT2D eigenvalue weighted by Crippen LogP contribution is 2.23. The maximum atomic E-state index is 5.97. The summed E-state index contributed by atoms with van der Waals surface area (Å²) in [4.78, 5) is 15.8. The molecule has 2 aromatic carbocycles. The Labute approximate surface area is 151 Å². The van der Waals surface area contributed by atoms with Crippen molar-refractivity contribution in [3.63, 3.8) is 0 Å². The SMILES string of the molecule is c1ccc(COCC(Nc2ncnc3nc[nH]c23)c2ccccc2)cc1. The summed E-state index contributed by atoms with van der Waals surface area (Å²) >= 11 is 0. The van der Waals surface area contributed by atoms with E-state index in [2.05, 4.69) is 49.5 Å². The number of nitrogens with one attached hydrogen (secondary N) is 2. The average Bonchev–Trinajstić information content (AvgIpc) is 3.18. The van der Waals surface area contributed by atoms with Crippen molar-refractivity contribution in [2.75, 3.05) is 11.9 Å². The number of fused-ring (bicyclic) bond motifs is 1. The van der Waals surface area contributed by atoms with Crippen LogP contribution >= 0.6 is 0 Å². The molecule has 26 heavy (non-hydrogen) atoms. The van der Waals surface area contributed by atoms with Crippen molar-refractivity contribution in [2.45, 2.75) is 12.6 Å². The molecule has 0 radical (unpaired) electrons. The lowest BCUT2D eigenvalue weighted by Crippen LogP contribution is -2.18. The molecule has 0 bridgehead atoms. The zero-order valence-corrected chi connectivity index (χ0v) is 14.2. The first-order valence-electron chi connectivity index (χ1n) is 8.47. The number of anilines is 1. The van der Waals surface area contributed by atoms with E-state index in [0.717, 1.165) is 16.6 Å². The fourth-order valence-corrected chi connectivity index (χ4v) is 2.81. The van der Waals surface area contributed by atoms with Crippen LogP contribution in [0.15, 0.2) is 73.3 Å². The van der Waals surface area contributed by atoms with Crippen molar-refractivity contribution in [1.29, 1.82) is 0 Å². The largest absolute Gasteiger partial charge is 0.374 e. The number of H-pyrrole nitrogens is 1. The van der Waals surface area contributed by atoms with Crippen LogP contribution in [0.3, 0.4) is 0 Å². The monoisotopic (exact) mass is 345 g/mol. The summed E-state index contributed by atoms with van der Waals surface area (Å²) in [5.74, 6) is 0.713. The van der Waals surface area contributed by atoms with Gasteiger partial charge in [-0.05, 0) is 11.1 Å². The maximum Gasteiger partial charge on any atom is 0.182 e. The van der Waals surface area contributed by atoms with Crippen LogP contribution in [0.5, 0.6) is 0 Å². The van der Waals surface area contributed by atoms with E-state index < -0.39 is 0 Å². The summed E-state index contributed by atoms with van der Waals surface area (Å²) < 4.78 is 5.97. The van der Waals surface area contributed by atoms with E-state index in [1.54, 1.807) is 6.33 Å². The second kappa shape index (κ2) is 7.76. The van der Waals surface area contributed by atoms with Gasteiger partial charge in [-0.2, -0.15) is 0 Å². The fourth-order valence-electron chi connectivity index (χ4n) is 2.81. The Morgan fingerprint density at radius 1 is 0.923 bits per heavy atom. The number of benzene rings is 2. The molecule has 0 aliphatic carbocycles. The van der Waals surface area contributed by atoms with Crippen LogP contribution in [0.25, 0.3) is 11.2 Å². The first-order valence-corrected chi connectivity index (χ1v) is 8.47. The van der Waals surface area contributed by atoms with Gasteiger partial charge < -0.3 is 15.0 Å². The molecule has 6 heteroatoms. The number of ether oxygens (including phenoxy) is 1. The van der Waals surface area contributed by atoms with Gasteiger partial charge in [-0.3, -0.25) is 0 Å². The van der Waals surface area contributed by atoms with Crippen LogP contribution in [0.1, 0.15) is 17.2 Å². The standard InChI is InChI=1S/C20H19N5O/c1-3-7-15(8-4-1)11-26-12-17(16-9-5-2-6-10-16)25-20-18-19(22-13-21-18)23-14-24-20/h1-10,13-14,17H,11-12H2,(H2,21,22,23,24,25). The first-order chi connectivity index (χ1) is 12.9. The zero-order valence-electron chi connectivity index (χ0n) is 14.2. The topological polar surface area (TPSA) is 75.7 Å². The summed E-state index contributed by atoms with van der Waals surface area (Å²) in [7, 11) is 0. The van der Waals surface area contributed by atoms with Crippen molar-refractivity contribution in [2.24, 2.45) is 0 Å². The van der Waals surface area contributed by atoms with Gasteiger partial charge in [-0.15, -0.1) is 0 Å². The lowest BCUT2D eigenvalue weighted by Gasteiger charge is -2.20. The second-order valence-corrected chi connectivity index (χ2v) is 5.93. The van der Waals surface area contributed by atoms with Gasteiger partial charge in [0.05, 0.1) is 25.6 Å². The van der Waals surface area contributed by atoms with Gasteiger partial charge >= 0.3 is 0 Å². The molecule has 2 heterocycles. The highest BCUT2D eigenvalue weighted by Gasteiger charge is 2.15. The summed E-state index contributed by atoms with van der Waals surface area (Å²) in [6.45, 7) is 1.08. The number of hydrogen-bond donors (Lipinski definition) is 2. The predicted molar refractivity (Wildman–Crippen MR) is 101 cm³/mol. The molecule has 6 nitrogen and oxygen atoms in total. The Bertz CT molecular complexity index is 956. The molecule has 0 spiro atoms. The fraction of sp³-hybridized carbons (Fsp3) is 0.150. The highest BCUT2D eigenvalue weighted by molar-refractivity contribution is 5.82. The third-order valence-corrected chi connectivity index (χ3v) is 4.13. The minimum atomic E-state index is -0.0405. The van der Waals surface area contributed by atoms with Gasteiger partial charge in [0.1, 0.15) is 11.8 Å². The molecule has 0 aliphatic rings. The van der Waals surface area contributed by atoms with Gasteiger partial charge in [0.25, 0.3) is 0 Å². The molecule has 130 valence electrons. The van der Waals surface area contributed by atoms with Crippen molar-refractivity contribution >= 4 is 17.0 Å². The smallest absolute Gasteiger partial charge is 0.182 e. The van der Waals surface area contributed by atoms with Crippen molar-refractivity contribution < 1.29 is 4.74 Å². The summed E-state index contributed by atoms with van der Waals surface area (Å²) in [5.41, 5.74) is 3.71. The van der Waals surface area contributed by atoms with Crippen LogP contribution in [-0.4, -0.2) is 26.5 Å². The summed E-state index contributed by atoms with van der Waals surface area (Å²) in [5, 5.41) is 3.46. The van der Waals surface area contributed by atoms with Crippen molar-refractivity contribution in [1.82, 2.24) is 19.9 Å². The number of rotatable bonds is 7. The Hall–Kier alpha value is -3.25. The van der Waals surface area contributed by atoms with Gasteiger partial charge in [0.15, 0.2) is 11.5 Å². The third kappa shape index (κ3) is 3.70. The Morgan fingerprint density at radius 2 is 1.69 bits per heavy atom. The molecule has 0 fully saturated rings. The number of imidazole rings is 1. The lowest BCUT2D eigenvalue weighted by molar-refractivity contribution is 0.112. The molecule has 4 rings (SSSR count). The van der Waals surface area contributed by atoms with Crippen LogP contribution < -0.4 is 5.32 Å². The van der Waals surface area contributed by atoms with Gasteiger partial charge in [-0.25, -0.2) is 15.0 Å². The van der Waals surface area contributed by atoms with Crippen molar-refractivity contribution in [3.05, 3.63) is 84.4 Å². The van der Waals surface area contributed by atoms with Crippen LogP contribution in [-0.2, 0) is 11.3 Å². The highest BCUT2D eigenvalue weighted by atomic mass is 16.5. The molecule has 1 unspecified atom stereocenters. The Morgan fingerprint density at radius 3 is 2.50 bits per heavy atom. The van der Waals surface area contributed by atoms with E-state index in [9.17, 15) is 0 Å². The zero-order chi connectivity index (χ0) is 17.6. The van der Waals surface area contributed by atoms with E-state index in [-0.39, 0.29) is 6.04 Å². The van der Waals surface area contributed by atoms with E-state index in [1.807, 2.05) is 36.4 Å². The maximum absolute atomic E-state index is 5.97. The minimum Gasteiger partial charge on any atom is -0.374 e. The molecule has 4 aromatic rings. The Balaban J connectivity index is 1.52. The summed E-state index contributed by atoms with van der Waals surface area (Å²) in [6, 6.07) is 20.3. The van der Waals surface area contributed by atoms with Gasteiger partial charge in [0, 0.05) is 0 Å². The average molecular weight is 345 g/mol. The van der Waals surface area contributed by atoms with Crippen LogP contribution in [0, 0.1) is 0 Å². The third-order valence-electron chi connectivity index (χ3n) is 4.13.